The van der Waals surface area contributed by atoms with Crippen molar-refractivity contribution in [1.82, 2.24) is 9.97 Å². The zero-order chi connectivity index (χ0) is 15.7. The molecule has 0 saturated heterocycles. The maximum absolute atomic E-state index is 5.92. The van der Waals surface area contributed by atoms with E-state index in [1.807, 2.05) is 6.92 Å². The minimum absolute atomic E-state index is 0.342. The second-order valence-corrected chi connectivity index (χ2v) is 7.48. The maximum Gasteiger partial charge on any atom is 0.162 e. The van der Waals surface area contributed by atoms with Crippen molar-refractivity contribution in [2.24, 2.45) is 5.41 Å². The molecule has 0 aromatic carbocycles. The summed E-state index contributed by atoms with van der Waals surface area (Å²) in [6.45, 7) is 9.56. The number of methoxy groups -OCH3 is 1. The van der Waals surface area contributed by atoms with E-state index in [0.29, 0.717) is 5.41 Å². The van der Waals surface area contributed by atoms with Crippen LogP contribution in [0.5, 0.6) is 0 Å². The average molecular weight is 356 g/mol. The van der Waals surface area contributed by atoms with Crippen molar-refractivity contribution in [1.29, 1.82) is 0 Å². The van der Waals surface area contributed by atoms with E-state index in [9.17, 15) is 0 Å². The summed E-state index contributed by atoms with van der Waals surface area (Å²) in [4.78, 5) is 9.45. The molecule has 0 radical (unpaired) electrons. The van der Waals surface area contributed by atoms with Gasteiger partial charge in [-0.15, -0.1) is 0 Å². The molecule has 4 nitrogen and oxygen atoms in total. The fourth-order valence-electron chi connectivity index (χ4n) is 2.90. The molecule has 0 spiro atoms. The van der Waals surface area contributed by atoms with Crippen LogP contribution in [-0.2, 0) is 10.3 Å². The van der Waals surface area contributed by atoms with Crippen LogP contribution in [0, 0.1) is 12.3 Å². The minimum Gasteiger partial charge on any atom is -0.370 e. The third-order valence-electron chi connectivity index (χ3n) is 4.57. The molecule has 1 heterocycles. The lowest BCUT2D eigenvalue weighted by Crippen LogP contribution is -2.38. The fraction of sp³-hybridized carbons (Fsp3) is 0.750. The maximum atomic E-state index is 5.92. The highest BCUT2D eigenvalue weighted by Crippen LogP contribution is 2.46. The molecule has 1 aliphatic carbocycles. The van der Waals surface area contributed by atoms with Gasteiger partial charge in [-0.25, -0.2) is 9.97 Å². The highest BCUT2D eigenvalue weighted by molar-refractivity contribution is 9.10. The Morgan fingerprint density at radius 3 is 2.33 bits per heavy atom. The lowest BCUT2D eigenvalue weighted by Gasteiger charge is -2.41. The standard InChI is InChI=1S/C16H26BrN3O/c1-6-18-13-12(17)11(2)19-14(20-13)16(21-5)9-7-15(3,4)8-10-16/h6-10H2,1-5H3,(H,18,19,20). The number of aryl methyl sites for hydroxylation is 1. The van der Waals surface area contributed by atoms with Gasteiger partial charge in [0.15, 0.2) is 5.82 Å². The summed E-state index contributed by atoms with van der Waals surface area (Å²) in [7, 11) is 1.78. The molecule has 0 atom stereocenters. The highest BCUT2D eigenvalue weighted by Gasteiger charge is 2.42. The summed E-state index contributed by atoms with van der Waals surface area (Å²) in [5, 5.41) is 3.30. The number of hydrogen-bond donors (Lipinski definition) is 1. The molecule has 1 aromatic heterocycles. The molecule has 5 heteroatoms. The zero-order valence-corrected chi connectivity index (χ0v) is 15.3. The number of halogens is 1. The second-order valence-electron chi connectivity index (χ2n) is 6.69. The molecule has 21 heavy (non-hydrogen) atoms. The van der Waals surface area contributed by atoms with Crippen molar-refractivity contribution in [2.75, 3.05) is 19.0 Å². The van der Waals surface area contributed by atoms with Gasteiger partial charge in [-0.2, -0.15) is 0 Å². The molecule has 2 rings (SSSR count). The summed E-state index contributed by atoms with van der Waals surface area (Å²) >= 11 is 3.57. The Morgan fingerprint density at radius 1 is 1.19 bits per heavy atom. The van der Waals surface area contributed by atoms with E-state index in [1.54, 1.807) is 7.11 Å². The molecule has 0 amide bonds. The Kier molecular flexibility index (Phi) is 4.93. The molecule has 1 fully saturated rings. The van der Waals surface area contributed by atoms with Crippen LogP contribution in [0.3, 0.4) is 0 Å². The number of anilines is 1. The Hall–Kier alpha value is -0.680. The zero-order valence-electron chi connectivity index (χ0n) is 13.7. The SMILES string of the molecule is CCNc1nc(C2(OC)CCC(C)(C)CC2)nc(C)c1Br. The van der Waals surface area contributed by atoms with E-state index in [4.69, 9.17) is 14.7 Å². The van der Waals surface area contributed by atoms with Gasteiger partial charge in [-0.05, 0) is 60.9 Å². The molecule has 1 N–H and O–H groups in total. The van der Waals surface area contributed by atoms with Gasteiger partial charge in [-0.1, -0.05) is 13.8 Å². The first-order valence-corrected chi connectivity index (χ1v) is 8.46. The van der Waals surface area contributed by atoms with Gasteiger partial charge < -0.3 is 10.1 Å². The van der Waals surface area contributed by atoms with Crippen molar-refractivity contribution in [3.63, 3.8) is 0 Å². The van der Waals surface area contributed by atoms with Crippen LogP contribution in [0.4, 0.5) is 5.82 Å². The lowest BCUT2D eigenvalue weighted by molar-refractivity contribution is -0.0729. The first kappa shape index (κ1) is 16.7. The van der Waals surface area contributed by atoms with E-state index in [-0.39, 0.29) is 5.60 Å². The number of rotatable bonds is 4. The molecule has 1 saturated carbocycles. The second kappa shape index (κ2) is 6.21. The minimum atomic E-state index is -0.342. The Labute approximate surface area is 136 Å². The van der Waals surface area contributed by atoms with E-state index in [1.165, 1.54) is 0 Å². The first-order valence-electron chi connectivity index (χ1n) is 7.67. The van der Waals surface area contributed by atoms with Crippen LogP contribution in [-0.4, -0.2) is 23.6 Å². The molecule has 1 aromatic rings. The normalized spacial score (nSPS) is 20.3. The van der Waals surface area contributed by atoms with Crippen molar-refractivity contribution in [3.05, 3.63) is 16.0 Å². The van der Waals surface area contributed by atoms with Crippen LogP contribution in [0.15, 0.2) is 4.47 Å². The molecular weight excluding hydrogens is 330 g/mol. The summed E-state index contributed by atoms with van der Waals surface area (Å²) < 4.78 is 6.86. The highest BCUT2D eigenvalue weighted by atomic mass is 79.9. The fourth-order valence-corrected chi connectivity index (χ4v) is 3.21. The molecule has 0 bridgehead atoms. The van der Waals surface area contributed by atoms with Crippen molar-refractivity contribution in [2.45, 2.75) is 59.0 Å². The molecular formula is C16H26BrN3O. The van der Waals surface area contributed by atoms with Crippen LogP contribution in [0.1, 0.15) is 58.0 Å². The first-order chi connectivity index (χ1) is 9.83. The third kappa shape index (κ3) is 3.39. The summed E-state index contributed by atoms with van der Waals surface area (Å²) in [6, 6.07) is 0. The number of nitrogens with one attached hydrogen (secondary N) is 1. The monoisotopic (exact) mass is 355 g/mol. The van der Waals surface area contributed by atoms with Gasteiger partial charge in [0.2, 0.25) is 0 Å². The van der Waals surface area contributed by atoms with Gasteiger partial charge in [0.1, 0.15) is 11.4 Å². The van der Waals surface area contributed by atoms with Gasteiger partial charge in [0.25, 0.3) is 0 Å². The number of ether oxygens (including phenoxy) is 1. The van der Waals surface area contributed by atoms with Crippen molar-refractivity contribution >= 4 is 21.7 Å². The molecule has 118 valence electrons. The Morgan fingerprint density at radius 2 is 1.81 bits per heavy atom. The third-order valence-corrected chi connectivity index (χ3v) is 5.52. The summed E-state index contributed by atoms with van der Waals surface area (Å²) in [5.41, 5.74) is 0.999. The van der Waals surface area contributed by atoms with E-state index >= 15 is 0 Å². The average Bonchev–Trinajstić information content (AvgIpc) is 2.44. The van der Waals surface area contributed by atoms with E-state index in [0.717, 1.165) is 54.0 Å². The quantitative estimate of drug-likeness (QED) is 0.868. The number of aromatic nitrogens is 2. The van der Waals surface area contributed by atoms with Gasteiger partial charge in [0.05, 0.1) is 10.2 Å². The van der Waals surface area contributed by atoms with Crippen LogP contribution in [0.2, 0.25) is 0 Å². The van der Waals surface area contributed by atoms with Gasteiger partial charge >= 0.3 is 0 Å². The Balaban J connectivity index is 2.39. The van der Waals surface area contributed by atoms with Gasteiger partial charge in [0, 0.05) is 13.7 Å². The number of nitrogens with zero attached hydrogens (tertiary/aromatic N) is 2. The van der Waals surface area contributed by atoms with Crippen molar-refractivity contribution in [3.8, 4) is 0 Å². The molecule has 0 aliphatic heterocycles. The van der Waals surface area contributed by atoms with E-state index in [2.05, 4.69) is 42.0 Å². The lowest BCUT2D eigenvalue weighted by atomic mass is 9.70. The van der Waals surface area contributed by atoms with Crippen LogP contribution < -0.4 is 5.32 Å². The van der Waals surface area contributed by atoms with Crippen LogP contribution in [0.25, 0.3) is 0 Å². The Bertz CT molecular complexity index is 506. The van der Waals surface area contributed by atoms with Crippen molar-refractivity contribution < 1.29 is 4.74 Å². The van der Waals surface area contributed by atoms with Crippen LogP contribution >= 0.6 is 15.9 Å². The topological polar surface area (TPSA) is 47.0 Å². The summed E-state index contributed by atoms with van der Waals surface area (Å²) in [5.74, 6) is 1.68. The smallest absolute Gasteiger partial charge is 0.162 e. The molecule has 1 aliphatic rings. The van der Waals surface area contributed by atoms with E-state index < -0.39 is 0 Å². The van der Waals surface area contributed by atoms with Gasteiger partial charge in [-0.3, -0.25) is 0 Å². The predicted molar refractivity (Wildman–Crippen MR) is 89.6 cm³/mol. The number of hydrogen-bond acceptors (Lipinski definition) is 4. The largest absolute Gasteiger partial charge is 0.370 e. The summed E-state index contributed by atoms with van der Waals surface area (Å²) in [6.07, 6.45) is 4.22. The predicted octanol–water partition coefficient (Wildman–Crippen LogP) is 4.42. The molecule has 0 unspecified atom stereocenters.